The van der Waals surface area contributed by atoms with Crippen LogP contribution in [-0.2, 0) is 4.74 Å². The topological polar surface area (TPSA) is 91.2 Å². The highest BCUT2D eigenvalue weighted by Crippen LogP contribution is 2.29. The number of nitrogens with zero attached hydrogens (tertiary/aromatic N) is 2. The van der Waals surface area contributed by atoms with Crippen molar-refractivity contribution in [3.8, 4) is 11.5 Å². The third kappa shape index (κ3) is 3.75. The number of carbonyl (C=O) groups is 1. The van der Waals surface area contributed by atoms with Crippen molar-refractivity contribution < 1.29 is 13.9 Å². The number of nitrogens with two attached hydrogens (primary N) is 1. The number of carbonyl (C=O) groups excluding carboxylic acids is 1. The molecule has 0 amide bonds. The SMILES string of the molecule is CC(OC(=O)c1cc(Cl)cc(Cl)c1N)c1nnc(-c2ccccc2)o1. The summed E-state index contributed by atoms with van der Waals surface area (Å²) < 4.78 is 10.9. The van der Waals surface area contributed by atoms with E-state index in [1.165, 1.54) is 12.1 Å². The lowest BCUT2D eigenvalue weighted by atomic mass is 10.2. The summed E-state index contributed by atoms with van der Waals surface area (Å²) in [5.74, 6) is -0.184. The van der Waals surface area contributed by atoms with Crippen LogP contribution in [0.25, 0.3) is 11.5 Å². The van der Waals surface area contributed by atoms with Gasteiger partial charge in [-0.15, -0.1) is 10.2 Å². The number of nitrogen functional groups attached to an aromatic ring is 1. The number of benzene rings is 2. The summed E-state index contributed by atoms with van der Waals surface area (Å²) in [6.45, 7) is 1.61. The molecule has 3 aromatic rings. The molecular formula is C17H13Cl2N3O3. The molecular weight excluding hydrogens is 365 g/mol. The summed E-state index contributed by atoms with van der Waals surface area (Å²) in [6, 6.07) is 12.1. The second kappa shape index (κ2) is 7.13. The predicted octanol–water partition coefficient (Wildman–Crippen LogP) is 4.54. The van der Waals surface area contributed by atoms with Crippen LogP contribution in [0.5, 0.6) is 0 Å². The maximum absolute atomic E-state index is 12.3. The van der Waals surface area contributed by atoms with Gasteiger partial charge in [0.25, 0.3) is 5.89 Å². The van der Waals surface area contributed by atoms with Crippen molar-refractivity contribution in [2.75, 3.05) is 5.73 Å². The molecule has 8 heteroatoms. The minimum absolute atomic E-state index is 0.0761. The molecule has 0 radical (unpaired) electrons. The standard InChI is InChI=1S/C17H13Cl2N3O3/c1-9(15-21-22-16(25-15)10-5-3-2-4-6-10)24-17(23)12-7-11(18)8-13(19)14(12)20/h2-9H,20H2,1H3. The number of halogens is 2. The van der Waals surface area contributed by atoms with Gasteiger partial charge in [-0.2, -0.15) is 0 Å². The Morgan fingerprint density at radius 2 is 1.92 bits per heavy atom. The molecule has 1 atom stereocenters. The van der Waals surface area contributed by atoms with Gasteiger partial charge in [-0.1, -0.05) is 41.4 Å². The molecule has 0 fully saturated rings. The lowest BCUT2D eigenvalue weighted by Gasteiger charge is -2.12. The Hall–Kier alpha value is -2.57. The van der Waals surface area contributed by atoms with E-state index in [9.17, 15) is 4.79 Å². The van der Waals surface area contributed by atoms with E-state index in [1.54, 1.807) is 6.92 Å². The monoisotopic (exact) mass is 377 g/mol. The van der Waals surface area contributed by atoms with Gasteiger partial charge < -0.3 is 14.9 Å². The number of ether oxygens (including phenoxy) is 1. The van der Waals surface area contributed by atoms with Crippen LogP contribution < -0.4 is 5.73 Å². The first-order chi connectivity index (χ1) is 12.0. The fraction of sp³-hybridized carbons (Fsp3) is 0.118. The molecule has 1 aromatic heterocycles. The Morgan fingerprint density at radius 1 is 1.20 bits per heavy atom. The van der Waals surface area contributed by atoms with Crippen LogP contribution in [0.3, 0.4) is 0 Å². The van der Waals surface area contributed by atoms with Crippen molar-refractivity contribution in [1.82, 2.24) is 10.2 Å². The molecule has 0 aliphatic carbocycles. The zero-order valence-electron chi connectivity index (χ0n) is 13.1. The third-order valence-electron chi connectivity index (χ3n) is 3.41. The van der Waals surface area contributed by atoms with Crippen LogP contribution in [0.1, 0.15) is 29.3 Å². The van der Waals surface area contributed by atoms with Crippen molar-refractivity contribution in [2.24, 2.45) is 0 Å². The minimum Gasteiger partial charge on any atom is -0.449 e. The van der Waals surface area contributed by atoms with E-state index in [4.69, 9.17) is 38.1 Å². The average Bonchev–Trinajstić information content (AvgIpc) is 3.09. The normalized spacial score (nSPS) is 12.0. The maximum Gasteiger partial charge on any atom is 0.341 e. The van der Waals surface area contributed by atoms with Crippen LogP contribution in [0, 0.1) is 0 Å². The summed E-state index contributed by atoms with van der Waals surface area (Å²) in [7, 11) is 0. The van der Waals surface area contributed by atoms with Gasteiger partial charge in [0.1, 0.15) is 0 Å². The number of esters is 1. The first-order valence-electron chi connectivity index (χ1n) is 7.30. The molecule has 2 aromatic carbocycles. The smallest absolute Gasteiger partial charge is 0.341 e. The molecule has 0 bridgehead atoms. The van der Waals surface area contributed by atoms with E-state index in [-0.39, 0.29) is 27.2 Å². The molecule has 2 N–H and O–H groups in total. The summed E-state index contributed by atoms with van der Waals surface area (Å²) in [4.78, 5) is 12.3. The van der Waals surface area contributed by atoms with Gasteiger partial charge in [0.2, 0.25) is 5.89 Å². The summed E-state index contributed by atoms with van der Waals surface area (Å²) in [5.41, 5.74) is 6.75. The third-order valence-corrected chi connectivity index (χ3v) is 3.94. The Morgan fingerprint density at radius 3 is 2.64 bits per heavy atom. The van der Waals surface area contributed by atoms with Crippen molar-refractivity contribution in [3.63, 3.8) is 0 Å². The largest absolute Gasteiger partial charge is 0.449 e. The van der Waals surface area contributed by atoms with Crippen molar-refractivity contribution in [3.05, 3.63) is 64.0 Å². The minimum atomic E-state index is -0.769. The highest BCUT2D eigenvalue weighted by Gasteiger charge is 2.22. The van der Waals surface area contributed by atoms with Gasteiger partial charge in [-0.05, 0) is 31.2 Å². The van der Waals surface area contributed by atoms with E-state index >= 15 is 0 Å². The van der Waals surface area contributed by atoms with E-state index in [1.807, 2.05) is 30.3 Å². The Kier molecular flexibility index (Phi) is 4.92. The fourth-order valence-electron chi connectivity index (χ4n) is 2.12. The number of hydrogen-bond donors (Lipinski definition) is 1. The average molecular weight is 378 g/mol. The van der Waals surface area contributed by atoms with E-state index in [0.717, 1.165) is 5.56 Å². The maximum atomic E-state index is 12.3. The zero-order valence-corrected chi connectivity index (χ0v) is 14.6. The number of anilines is 1. The van der Waals surface area contributed by atoms with Gasteiger partial charge in [-0.3, -0.25) is 0 Å². The van der Waals surface area contributed by atoms with Crippen LogP contribution >= 0.6 is 23.2 Å². The molecule has 1 unspecified atom stereocenters. The van der Waals surface area contributed by atoms with Crippen LogP contribution in [0.2, 0.25) is 10.0 Å². The van der Waals surface area contributed by atoms with Crippen molar-refractivity contribution in [1.29, 1.82) is 0 Å². The van der Waals surface area contributed by atoms with Gasteiger partial charge in [0.05, 0.1) is 16.3 Å². The Labute approximate surface area is 153 Å². The van der Waals surface area contributed by atoms with Gasteiger partial charge in [-0.25, -0.2) is 4.79 Å². The number of rotatable bonds is 4. The summed E-state index contributed by atoms with van der Waals surface area (Å²) >= 11 is 11.8. The number of hydrogen-bond acceptors (Lipinski definition) is 6. The van der Waals surface area contributed by atoms with E-state index in [2.05, 4.69) is 10.2 Å². The highest BCUT2D eigenvalue weighted by atomic mass is 35.5. The molecule has 6 nitrogen and oxygen atoms in total. The first kappa shape index (κ1) is 17.3. The molecule has 1 heterocycles. The zero-order chi connectivity index (χ0) is 18.0. The Balaban J connectivity index is 1.78. The molecule has 0 aliphatic heterocycles. The predicted molar refractivity (Wildman–Crippen MR) is 94.4 cm³/mol. The second-order valence-electron chi connectivity index (χ2n) is 5.21. The second-order valence-corrected chi connectivity index (χ2v) is 6.05. The van der Waals surface area contributed by atoms with Crippen LogP contribution in [0.15, 0.2) is 46.9 Å². The molecule has 0 saturated carbocycles. The molecule has 0 saturated heterocycles. The quantitative estimate of drug-likeness (QED) is 0.529. The van der Waals surface area contributed by atoms with Gasteiger partial charge in [0, 0.05) is 10.6 Å². The van der Waals surface area contributed by atoms with E-state index in [0.29, 0.717) is 5.89 Å². The molecule has 0 aliphatic rings. The van der Waals surface area contributed by atoms with Gasteiger partial charge in [0.15, 0.2) is 6.10 Å². The molecule has 3 rings (SSSR count). The van der Waals surface area contributed by atoms with Crippen LogP contribution in [0.4, 0.5) is 5.69 Å². The number of aromatic nitrogens is 2. The fourth-order valence-corrected chi connectivity index (χ4v) is 2.62. The molecule has 0 spiro atoms. The lowest BCUT2D eigenvalue weighted by molar-refractivity contribution is 0.0281. The molecule has 25 heavy (non-hydrogen) atoms. The summed E-state index contributed by atoms with van der Waals surface area (Å²) in [5, 5.41) is 8.34. The van der Waals surface area contributed by atoms with Crippen molar-refractivity contribution in [2.45, 2.75) is 13.0 Å². The highest BCUT2D eigenvalue weighted by molar-refractivity contribution is 6.37. The van der Waals surface area contributed by atoms with E-state index < -0.39 is 12.1 Å². The van der Waals surface area contributed by atoms with Crippen LogP contribution in [-0.4, -0.2) is 16.2 Å². The van der Waals surface area contributed by atoms with Gasteiger partial charge >= 0.3 is 5.97 Å². The summed E-state index contributed by atoms with van der Waals surface area (Å²) in [6.07, 6.45) is -0.769. The van der Waals surface area contributed by atoms with Crippen molar-refractivity contribution >= 4 is 34.9 Å². The Bertz CT molecular complexity index is 913. The lowest BCUT2D eigenvalue weighted by Crippen LogP contribution is -2.12. The molecule has 128 valence electrons. The first-order valence-corrected chi connectivity index (χ1v) is 8.05.